The van der Waals surface area contributed by atoms with Gasteiger partial charge in [-0.3, -0.25) is 4.90 Å². The molecule has 0 bridgehead atoms. The molecule has 0 aromatic carbocycles. The monoisotopic (exact) mass is 250 g/mol. The molecule has 1 aliphatic heterocycles. The minimum Gasteiger partial charge on any atom is -0.395 e. The standard InChI is InChI=1S/C13H18N2OS/c14-5-1-3-11-7-13(17-10-11)8-15-6-2-4-12(15)9-16/h7,10,12,16H,2,4-6,8-9,14H2. The third-order valence-electron chi connectivity index (χ3n) is 3.06. The van der Waals surface area contributed by atoms with Crippen molar-refractivity contribution in [2.24, 2.45) is 5.73 Å². The Bertz CT molecular complexity index is 419. The molecule has 1 atom stereocenters. The van der Waals surface area contributed by atoms with Crippen molar-refractivity contribution in [3.05, 3.63) is 21.9 Å². The lowest BCUT2D eigenvalue weighted by atomic mass is 10.2. The molecule has 1 unspecified atom stereocenters. The second-order valence-corrected chi connectivity index (χ2v) is 5.25. The smallest absolute Gasteiger partial charge is 0.0587 e. The lowest BCUT2D eigenvalue weighted by molar-refractivity contribution is 0.154. The van der Waals surface area contributed by atoms with Crippen molar-refractivity contribution in [1.82, 2.24) is 4.90 Å². The fraction of sp³-hybridized carbons (Fsp3) is 0.538. The molecule has 17 heavy (non-hydrogen) atoms. The van der Waals surface area contributed by atoms with Crippen LogP contribution in [0.1, 0.15) is 23.3 Å². The molecule has 4 heteroatoms. The number of aliphatic hydroxyl groups is 1. The van der Waals surface area contributed by atoms with Gasteiger partial charge >= 0.3 is 0 Å². The molecule has 0 amide bonds. The highest BCUT2D eigenvalue weighted by Gasteiger charge is 2.23. The molecule has 2 heterocycles. The van der Waals surface area contributed by atoms with Crippen molar-refractivity contribution in [2.45, 2.75) is 25.4 Å². The molecule has 0 radical (unpaired) electrons. The summed E-state index contributed by atoms with van der Waals surface area (Å²) >= 11 is 1.73. The second kappa shape index (κ2) is 6.18. The molecule has 0 aliphatic carbocycles. The van der Waals surface area contributed by atoms with Crippen molar-refractivity contribution >= 4 is 11.3 Å². The predicted molar refractivity (Wildman–Crippen MR) is 70.8 cm³/mol. The van der Waals surface area contributed by atoms with Crippen LogP contribution >= 0.6 is 11.3 Å². The number of nitrogens with two attached hydrogens (primary N) is 1. The second-order valence-electron chi connectivity index (χ2n) is 4.26. The van der Waals surface area contributed by atoms with Crippen molar-refractivity contribution in [2.75, 3.05) is 19.7 Å². The molecule has 92 valence electrons. The largest absolute Gasteiger partial charge is 0.395 e. The normalized spacial score (nSPS) is 20.2. The molecule has 1 aromatic heterocycles. The van der Waals surface area contributed by atoms with E-state index in [4.69, 9.17) is 5.73 Å². The first-order valence-electron chi connectivity index (χ1n) is 5.94. The molecule has 1 saturated heterocycles. The van der Waals surface area contributed by atoms with Gasteiger partial charge in [-0.25, -0.2) is 0 Å². The number of thiophene rings is 1. The predicted octanol–water partition coefficient (Wildman–Crippen LogP) is 1.01. The summed E-state index contributed by atoms with van der Waals surface area (Å²) in [7, 11) is 0. The van der Waals surface area contributed by atoms with E-state index in [1.807, 2.05) is 0 Å². The SMILES string of the molecule is NCC#Cc1csc(CN2CCCC2CO)c1. The van der Waals surface area contributed by atoms with Gasteiger partial charge in [0.15, 0.2) is 0 Å². The van der Waals surface area contributed by atoms with Crippen LogP contribution in [0.15, 0.2) is 11.4 Å². The van der Waals surface area contributed by atoms with Gasteiger partial charge in [-0.1, -0.05) is 11.8 Å². The molecular weight excluding hydrogens is 232 g/mol. The van der Waals surface area contributed by atoms with E-state index in [0.717, 1.165) is 25.1 Å². The van der Waals surface area contributed by atoms with E-state index in [9.17, 15) is 5.11 Å². The third-order valence-corrected chi connectivity index (χ3v) is 3.98. The first-order valence-corrected chi connectivity index (χ1v) is 6.82. The molecule has 1 aromatic rings. The van der Waals surface area contributed by atoms with Gasteiger partial charge in [-0.2, -0.15) is 0 Å². The topological polar surface area (TPSA) is 49.5 Å². The van der Waals surface area contributed by atoms with Crippen LogP contribution in [-0.2, 0) is 6.54 Å². The van der Waals surface area contributed by atoms with Gasteiger partial charge in [0.2, 0.25) is 0 Å². The van der Waals surface area contributed by atoms with Crippen LogP contribution in [-0.4, -0.2) is 35.7 Å². The molecule has 3 N–H and O–H groups in total. The van der Waals surface area contributed by atoms with Crippen molar-refractivity contribution in [3.8, 4) is 11.8 Å². The highest BCUT2D eigenvalue weighted by molar-refractivity contribution is 7.10. The average Bonchev–Trinajstić information content (AvgIpc) is 2.96. The Hall–Kier alpha value is -0.860. The molecular formula is C13H18N2OS. The fourth-order valence-electron chi connectivity index (χ4n) is 2.19. The van der Waals surface area contributed by atoms with Crippen molar-refractivity contribution < 1.29 is 5.11 Å². The van der Waals surface area contributed by atoms with Crippen LogP contribution in [0.5, 0.6) is 0 Å². The Labute approximate surface area is 106 Å². The number of rotatable bonds is 3. The van der Waals surface area contributed by atoms with Gasteiger partial charge in [0.1, 0.15) is 0 Å². The summed E-state index contributed by atoms with van der Waals surface area (Å²) in [5.74, 6) is 5.90. The number of aliphatic hydroxyl groups excluding tert-OH is 1. The maximum Gasteiger partial charge on any atom is 0.0587 e. The van der Waals surface area contributed by atoms with E-state index >= 15 is 0 Å². The van der Waals surface area contributed by atoms with Gasteiger partial charge in [0, 0.05) is 28.4 Å². The van der Waals surface area contributed by atoms with Crippen LogP contribution in [0, 0.1) is 11.8 Å². The Morgan fingerprint density at radius 1 is 1.59 bits per heavy atom. The van der Waals surface area contributed by atoms with Crippen molar-refractivity contribution in [1.29, 1.82) is 0 Å². The fourth-order valence-corrected chi connectivity index (χ4v) is 3.03. The Morgan fingerprint density at radius 2 is 2.47 bits per heavy atom. The van der Waals surface area contributed by atoms with Crippen LogP contribution in [0.25, 0.3) is 0 Å². The average molecular weight is 250 g/mol. The number of likely N-dealkylation sites (tertiary alicyclic amines) is 1. The lowest BCUT2D eigenvalue weighted by Gasteiger charge is -2.21. The summed E-state index contributed by atoms with van der Waals surface area (Å²) in [6.45, 7) is 2.70. The number of hydrogen-bond donors (Lipinski definition) is 2. The maximum absolute atomic E-state index is 9.26. The van der Waals surface area contributed by atoms with Gasteiger partial charge < -0.3 is 10.8 Å². The molecule has 3 nitrogen and oxygen atoms in total. The van der Waals surface area contributed by atoms with Gasteiger partial charge in [0.25, 0.3) is 0 Å². The first-order chi connectivity index (χ1) is 8.33. The minimum absolute atomic E-state index is 0.269. The van der Waals surface area contributed by atoms with Gasteiger partial charge in [-0.05, 0) is 25.5 Å². The van der Waals surface area contributed by atoms with E-state index in [-0.39, 0.29) is 6.61 Å². The zero-order valence-corrected chi connectivity index (χ0v) is 10.7. The van der Waals surface area contributed by atoms with Crippen LogP contribution in [0.2, 0.25) is 0 Å². The molecule has 1 fully saturated rings. The van der Waals surface area contributed by atoms with E-state index < -0.39 is 0 Å². The Balaban J connectivity index is 1.96. The zero-order chi connectivity index (χ0) is 12.1. The molecule has 0 spiro atoms. The van der Waals surface area contributed by atoms with Crippen LogP contribution < -0.4 is 5.73 Å². The van der Waals surface area contributed by atoms with E-state index in [0.29, 0.717) is 12.6 Å². The van der Waals surface area contributed by atoms with E-state index in [1.165, 1.54) is 11.3 Å². The summed E-state index contributed by atoms with van der Waals surface area (Å²) in [4.78, 5) is 3.66. The highest BCUT2D eigenvalue weighted by Crippen LogP contribution is 2.22. The number of hydrogen-bond acceptors (Lipinski definition) is 4. The Morgan fingerprint density at radius 3 is 3.24 bits per heavy atom. The number of nitrogens with zero attached hydrogens (tertiary/aromatic N) is 1. The van der Waals surface area contributed by atoms with Crippen molar-refractivity contribution in [3.63, 3.8) is 0 Å². The maximum atomic E-state index is 9.26. The van der Waals surface area contributed by atoms with E-state index in [1.54, 1.807) is 11.3 Å². The molecule has 2 rings (SSSR count). The summed E-state index contributed by atoms with van der Waals surface area (Å²) in [5.41, 5.74) is 6.40. The quantitative estimate of drug-likeness (QED) is 0.787. The highest BCUT2D eigenvalue weighted by atomic mass is 32.1. The molecule has 0 saturated carbocycles. The Kier molecular flexibility index (Phi) is 4.57. The van der Waals surface area contributed by atoms with Gasteiger partial charge in [-0.15, -0.1) is 11.3 Å². The minimum atomic E-state index is 0.269. The van der Waals surface area contributed by atoms with Gasteiger partial charge in [0.05, 0.1) is 13.2 Å². The lowest BCUT2D eigenvalue weighted by Crippen LogP contribution is -2.31. The van der Waals surface area contributed by atoms with E-state index in [2.05, 4.69) is 28.2 Å². The molecule has 1 aliphatic rings. The summed E-state index contributed by atoms with van der Waals surface area (Å²) < 4.78 is 0. The van der Waals surface area contributed by atoms with Crippen LogP contribution in [0.4, 0.5) is 0 Å². The summed E-state index contributed by atoms with van der Waals surface area (Å²) in [6, 6.07) is 2.47. The van der Waals surface area contributed by atoms with Crippen LogP contribution in [0.3, 0.4) is 0 Å². The first kappa shape index (κ1) is 12.6. The summed E-state index contributed by atoms with van der Waals surface area (Å²) in [6.07, 6.45) is 2.30. The summed E-state index contributed by atoms with van der Waals surface area (Å²) in [5, 5.41) is 11.3. The third kappa shape index (κ3) is 3.30. The zero-order valence-electron chi connectivity index (χ0n) is 9.85.